The standard InChI is InChI=1S/C21H22N2O4/c1-13-5-6-18-15(8-13)4-3-7-23(18)11-21(25)22-17-10-20-19(26-12-27-20)9-16(17)14(2)24/h5-6,8-10H,3-4,7,11-12H2,1-2H3,(H,22,25). The van der Waals surface area contributed by atoms with Gasteiger partial charge in [-0.25, -0.2) is 0 Å². The molecule has 6 heteroatoms. The van der Waals surface area contributed by atoms with Gasteiger partial charge in [-0.2, -0.15) is 0 Å². The smallest absolute Gasteiger partial charge is 0.243 e. The number of nitrogens with zero attached hydrogens (tertiary/aromatic N) is 1. The summed E-state index contributed by atoms with van der Waals surface area (Å²) >= 11 is 0. The Morgan fingerprint density at radius 3 is 2.70 bits per heavy atom. The van der Waals surface area contributed by atoms with Crippen molar-refractivity contribution < 1.29 is 19.1 Å². The van der Waals surface area contributed by atoms with Crippen LogP contribution in [0.4, 0.5) is 11.4 Å². The van der Waals surface area contributed by atoms with Crippen LogP contribution in [0.25, 0.3) is 0 Å². The molecule has 140 valence electrons. The second kappa shape index (κ2) is 6.95. The highest BCUT2D eigenvalue weighted by Crippen LogP contribution is 2.37. The zero-order valence-corrected chi connectivity index (χ0v) is 15.5. The zero-order valence-electron chi connectivity index (χ0n) is 15.5. The second-order valence-corrected chi connectivity index (χ2v) is 7.01. The van der Waals surface area contributed by atoms with E-state index in [1.165, 1.54) is 18.1 Å². The van der Waals surface area contributed by atoms with E-state index in [0.717, 1.165) is 25.1 Å². The Labute approximate surface area is 158 Å². The van der Waals surface area contributed by atoms with Gasteiger partial charge in [0.25, 0.3) is 0 Å². The number of Topliss-reactive ketones (excluding diaryl/α,β-unsaturated/α-hetero) is 1. The van der Waals surface area contributed by atoms with E-state index in [9.17, 15) is 9.59 Å². The number of benzene rings is 2. The normalized spacial score (nSPS) is 14.7. The van der Waals surface area contributed by atoms with E-state index in [0.29, 0.717) is 22.7 Å². The predicted octanol–water partition coefficient (Wildman–Crippen LogP) is 3.32. The van der Waals surface area contributed by atoms with E-state index in [1.807, 2.05) is 0 Å². The lowest BCUT2D eigenvalue weighted by molar-refractivity contribution is -0.115. The summed E-state index contributed by atoms with van der Waals surface area (Å²) in [6.45, 7) is 4.74. The SMILES string of the molecule is CC(=O)c1cc2c(cc1NC(=O)CN1CCCc3cc(C)ccc31)OCO2. The lowest BCUT2D eigenvalue weighted by Crippen LogP contribution is -2.37. The van der Waals surface area contributed by atoms with Crippen LogP contribution in [-0.2, 0) is 11.2 Å². The summed E-state index contributed by atoms with van der Waals surface area (Å²) < 4.78 is 10.7. The number of hydrogen-bond acceptors (Lipinski definition) is 5. The predicted molar refractivity (Wildman–Crippen MR) is 103 cm³/mol. The molecule has 0 unspecified atom stereocenters. The molecule has 0 aromatic heterocycles. The summed E-state index contributed by atoms with van der Waals surface area (Å²) in [6.07, 6.45) is 2.05. The van der Waals surface area contributed by atoms with Gasteiger partial charge in [-0.05, 0) is 44.4 Å². The highest BCUT2D eigenvalue weighted by molar-refractivity contribution is 6.05. The molecule has 1 N–H and O–H groups in total. The van der Waals surface area contributed by atoms with Crippen molar-refractivity contribution in [2.75, 3.05) is 30.1 Å². The number of anilines is 2. The van der Waals surface area contributed by atoms with Crippen LogP contribution in [-0.4, -0.2) is 31.6 Å². The molecule has 0 fully saturated rings. The number of nitrogens with one attached hydrogen (secondary N) is 1. The van der Waals surface area contributed by atoms with Crippen LogP contribution >= 0.6 is 0 Å². The van der Waals surface area contributed by atoms with Gasteiger partial charge in [-0.1, -0.05) is 17.7 Å². The monoisotopic (exact) mass is 366 g/mol. The minimum absolute atomic E-state index is 0.119. The quantitative estimate of drug-likeness (QED) is 0.841. The summed E-state index contributed by atoms with van der Waals surface area (Å²) in [5.74, 6) is 0.764. The van der Waals surface area contributed by atoms with Crippen LogP contribution in [0.5, 0.6) is 11.5 Å². The van der Waals surface area contributed by atoms with Gasteiger partial charge in [-0.15, -0.1) is 0 Å². The topological polar surface area (TPSA) is 67.9 Å². The molecular weight excluding hydrogens is 344 g/mol. The minimum Gasteiger partial charge on any atom is -0.454 e. The van der Waals surface area contributed by atoms with Gasteiger partial charge < -0.3 is 19.7 Å². The third-order valence-electron chi connectivity index (χ3n) is 4.95. The summed E-state index contributed by atoms with van der Waals surface area (Å²) in [6, 6.07) is 9.62. The van der Waals surface area contributed by atoms with Crippen molar-refractivity contribution in [3.05, 3.63) is 47.0 Å². The van der Waals surface area contributed by atoms with Gasteiger partial charge >= 0.3 is 0 Å². The molecule has 2 aliphatic heterocycles. The third-order valence-corrected chi connectivity index (χ3v) is 4.95. The molecule has 2 aromatic rings. The van der Waals surface area contributed by atoms with Gasteiger partial charge in [0.05, 0.1) is 12.2 Å². The Morgan fingerprint density at radius 1 is 1.15 bits per heavy atom. The van der Waals surface area contributed by atoms with Gasteiger partial charge in [0.15, 0.2) is 17.3 Å². The van der Waals surface area contributed by atoms with E-state index < -0.39 is 0 Å². The molecule has 0 spiro atoms. The molecule has 1 amide bonds. The molecule has 2 aliphatic rings. The Bertz CT molecular complexity index is 923. The summed E-state index contributed by atoms with van der Waals surface area (Å²) in [5, 5.41) is 2.87. The fourth-order valence-electron chi connectivity index (χ4n) is 3.67. The Morgan fingerprint density at radius 2 is 1.93 bits per heavy atom. The lowest BCUT2D eigenvalue weighted by Gasteiger charge is -2.31. The van der Waals surface area contributed by atoms with Gasteiger partial charge in [0.1, 0.15) is 0 Å². The fraction of sp³-hybridized carbons (Fsp3) is 0.333. The average molecular weight is 366 g/mol. The van der Waals surface area contributed by atoms with Crippen LogP contribution in [0.2, 0.25) is 0 Å². The minimum atomic E-state index is -0.162. The average Bonchev–Trinajstić information content (AvgIpc) is 3.08. The number of hydrogen-bond donors (Lipinski definition) is 1. The maximum atomic E-state index is 12.7. The maximum Gasteiger partial charge on any atom is 0.243 e. The highest BCUT2D eigenvalue weighted by Gasteiger charge is 2.23. The summed E-state index contributed by atoms with van der Waals surface area (Å²) in [5.41, 5.74) is 4.49. The van der Waals surface area contributed by atoms with E-state index >= 15 is 0 Å². The fourth-order valence-corrected chi connectivity index (χ4v) is 3.67. The van der Waals surface area contributed by atoms with Crippen molar-refractivity contribution >= 4 is 23.1 Å². The number of carbonyl (C=O) groups is 2. The second-order valence-electron chi connectivity index (χ2n) is 7.01. The molecule has 0 bridgehead atoms. The number of amides is 1. The Balaban J connectivity index is 1.54. The van der Waals surface area contributed by atoms with Crippen LogP contribution in [0.15, 0.2) is 30.3 Å². The van der Waals surface area contributed by atoms with Crippen molar-refractivity contribution in [2.45, 2.75) is 26.7 Å². The first-order chi connectivity index (χ1) is 13.0. The first kappa shape index (κ1) is 17.4. The molecule has 0 aliphatic carbocycles. The van der Waals surface area contributed by atoms with Crippen molar-refractivity contribution in [1.29, 1.82) is 0 Å². The summed E-state index contributed by atoms with van der Waals surface area (Å²) in [7, 11) is 0. The number of rotatable bonds is 4. The van der Waals surface area contributed by atoms with Gasteiger partial charge in [0.2, 0.25) is 12.7 Å². The Kier molecular flexibility index (Phi) is 4.48. The van der Waals surface area contributed by atoms with E-state index in [1.54, 1.807) is 12.1 Å². The van der Waals surface area contributed by atoms with E-state index in [4.69, 9.17) is 9.47 Å². The van der Waals surface area contributed by atoms with Gasteiger partial charge in [0, 0.05) is 23.9 Å². The molecule has 0 saturated heterocycles. The number of carbonyl (C=O) groups excluding carboxylic acids is 2. The molecule has 0 saturated carbocycles. The number of fused-ring (bicyclic) bond motifs is 2. The molecule has 0 radical (unpaired) electrons. The number of ketones is 1. The highest BCUT2D eigenvalue weighted by atomic mass is 16.7. The van der Waals surface area contributed by atoms with Crippen LogP contribution in [0, 0.1) is 6.92 Å². The molecule has 6 nitrogen and oxygen atoms in total. The zero-order chi connectivity index (χ0) is 19.0. The molecule has 2 heterocycles. The maximum absolute atomic E-state index is 12.7. The van der Waals surface area contributed by atoms with Crippen LogP contribution < -0.4 is 19.7 Å². The molecular formula is C21H22N2O4. The lowest BCUT2D eigenvalue weighted by atomic mass is 9.99. The first-order valence-corrected chi connectivity index (χ1v) is 9.10. The molecule has 27 heavy (non-hydrogen) atoms. The van der Waals surface area contributed by atoms with Crippen molar-refractivity contribution in [3.8, 4) is 11.5 Å². The number of ether oxygens (including phenoxy) is 2. The van der Waals surface area contributed by atoms with Crippen molar-refractivity contribution in [2.24, 2.45) is 0 Å². The third kappa shape index (κ3) is 3.47. The van der Waals surface area contributed by atoms with E-state index in [2.05, 4.69) is 35.3 Å². The number of aryl methyl sites for hydroxylation is 2. The molecule has 4 rings (SSSR count). The van der Waals surface area contributed by atoms with E-state index in [-0.39, 0.29) is 25.0 Å². The molecule has 0 atom stereocenters. The first-order valence-electron chi connectivity index (χ1n) is 9.10. The van der Waals surface area contributed by atoms with Gasteiger partial charge in [-0.3, -0.25) is 9.59 Å². The summed E-state index contributed by atoms with van der Waals surface area (Å²) in [4.78, 5) is 26.8. The van der Waals surface area contributed by atoms with Crippen LogP contribution in [0.3, 0.4) is 0 Å². The largest absolute Gasteiger partial charge is 0.454 e. The van der Waals surface area contributed by atoms with Crippen molar-refractivity contribution in [1.82, 2.24) is 0 Å². The molecule has 2 aromatic carbocycles. The Hall–Kier alpha value is -3.02. The van der Waals surface area contributed by atoms with Crippen LogP contribution in [0.1, 0.15) is 34.8 Å². The van der Waals surface area contributed by atoms with Crippen molar-refractivity contribution in [3.63, 3.8) is 0 Å².